The van der Waals surface area contributed by atoms with Crippen LogP contribution < -0.4 is 4.57 Å². The van der Waals surface area contributed by atoms with Crippen LogP contribution in [-0.4, -0.2) is 0 Å². The first kappa shape index (κ1) is 23.6. The summed E-state index contributed by atoms with van der Waals surface area (Å²) in [6, 6.07) is 18.7. The van der Waals surface area contributed by atoms with Gasteiger partial charge >= 0.3 is 0 Å². The highest BCUT2D eigenvalue weighted by Gasteiger charge is 2.33. The van der Waals surface area contributed by atoms with E-state index < -0.39 is 0 Å². The molecule has 5 aromatic rings. The van der Waals surface area contributed by atoms with Gasteiger partial charge < -0.3 is 0 Å². The van der Waals surface area contributed by atoms with Crippen molar-refractivity contribution < 1.29 is 4.57 Å². The van der Waals surface area contributed by atoms with E-state index in [1.165, 1.54) is 75.6 Å². The maximum absolute atomic E-state index is 2.49. The molecule has 1 nitrogen and oxygen atoms in total. The molecule has 36 heavy (non-hydrogen) atoms. The summed E-state index contributed by atoms with van der Waals surface area (Å²) in [5.74, 6) is 0.444. The van der Waals surface area contributed by atoms with Crippen molar-refractivity contribution in [2.24, 2.45) is 12.5 Å². The standard InChI is InChI=1S/C34H36NS/c1-19(2)29-24-13-12-20(3)16-26(24)21(4)30-32-31-25(14-15-35(32)8)23-11-9-10-22(18-34(5,6)7)27(23)17-28(31)36-33(29)30/h9-17,19H,18H2,1-8H3/q+1. The van der Waals surface area contributed by atoms with Crippen LogP contribution in [0.3, 0.4) is 0 Å². The molecule has 1 aromatic heterocycles. The number of rotatable bonds is 2. The lowest BCUT2D eigenvalue weighted by atomic mass is 9.84. The minimum atomic E-state index is 0.244. The van der Waals surface area contributed by atoms with Crippen molar-refractivity contribution in [1.29, 1.82) is 0 Å². The van der Waals surface area contributed by atoms with E-state index in [1.54, 1.807) is 0 Å². The number of fused-ring (bicyclic) bond motifs is 5. The van der Waals surface area contributed by atoms with E-state index in [0.29, 0.717) is 5.92 Å². The van der Waals surface area contributed by atoms with E-state index in [1.807, 2.05) is 11.8 Å². The van der Waals surface area contributed by atoms with E-state index in [9.17, 15) is 0 Å². The third-order valence-electron chi connectivity index (χ3n) is 7.79. The average Bonchev–Trinajstić information content (AvgIpc) is 2.80. The van der Waals surface area contributed by atoms with Crippen LogP contribution in [0, 0.1) is 19.3 Å². The number of nitrogens with zero attached hydrogens (tertiary/aromatic N) is 1. The van der Waals surface area contributed by atoms with Crippen molar-refractivity contribution in [2.45, 2.75) is 70.6 Å². The fourth-order valence-electron chi connectivity index (χ4n) is 6.29. The lowest BCUT2D eigenvalue weighted by molar-refractivity contribution is -0.659. The number of benzene rings is 4. The summed E-state index contributed by atoms with van der Waals surface area (Å²) in [5, 5.41) is 8.37. The summed E-state index contributed by atoms with van der Waals surface area (Å²) in [4.78, 5) is 2.84. The van der Waals surface area contributed by atoms with Gasteiger partial charge in [0.25, 0.3) is 0 Å². The van der Waals surface area contributed by atoms with E-state index in [4.69, 9.17) is 0 Å². The molecule has 0 bridgehead atoms. The summed E-state index contributed by atoms with van der Waals surface area (Å²) in [6.45, 7) is 16.3. The highest BCUT2D eigenvalue weighted by Crippen LogP contribution is 2.54. The van der Waals surface area contributed by atoms with Crippen LogP contribution in [0.4, 0.5) is 0 Å². The quantitative estimate of drug-likeness (QED) is 0.173. The molecule has 2 heteroatoms. The number of aromatic nitrogens is 1. The summed E-state index contributed by atoms with van der Waals surface area (Å²) in [6.07, 6.45) is 3.34. The zero-order valence-electron chi connectivity index (χ0n) is 22.8. The van der Waals surface area contributed by atoms with Crippen molar-refractivity contribution in [2.75, 3.05) is 0 Å². The van der Waals surface area contributed by atoms with Crippen LogP contribution in [-0.2, 0) is 13.5 Å². The van der Waals surface area contributed by atoms with Gasteiger partial charge in [-0.1, -0.05) is 88.3 Å². The average molecular weight is 491 g/mol. The Labute approximate surface area is 219 Å². The topological polar surface area (TPSA) is 3.88 Å². The molecule has 0 radical (unpaired) electrons. The lowest BCUT2D eigenvalue weighted by Gasteiger charge is -2.27. The molecule has 2 heterocycles. The molecule has 0 N–H and O–H groups in total. The molecule has 0 amide bonds. The minimum absolute atomic E-state index is 0.244. The number of hydrogen-bond acceptors (Lipinski definition) is 1. The Kier molecular flexibility index (Phi) is 5.29. The van der Waals surface area contributed by atoms with Gasteiger partial charge in [-0.3, -0.25) is 0 Å². The van der Waals surface area contributed by atoms with Crippen LogP contribution in [0.25, 0.3) is 43.6 Å². The molecular formula is C34H36NS+. The lowest BCUT2D eigenvalue weighted by Crippen LogP contribution is -2.32. The Bertz CT molecular complexity index is 1720. The van der Waals surface area contributed by atoms with Gasteiger partial charge in [-0.25, -0.2) is 4.57 Å². The second kappa shape index (κ2) is 8.08. The van der Waals surface area contributed by atoms with Crippen LogP contribution in [0.15, 0.2) is 64.5 Å². The first-order valence-corrected chi connectivity index (χ1v) is 14.0. The predicted octanol–water partition coefficient (Wildman–Crippen LogP) is 9.43. The van der Waals surface area contributed by atoms with Gasteiger partial charge in [0.15, 0.2) is 6.20 Å². The third kappa shape index (κ3) is 3.49. The molecule has 1 aliphatic heterocycles. The molecular weight excluding hydrogens is 454 g/mol. The maximum Gasteiger partial charge on any atom is 0.222 e. The van der Waals surface area contributed by atoms with Crippen LogP contribution in [0.5, 0.6) is 0 Å². The molecule has 0 saturated carbocycles. The molecule has 0 unspecified atom stereocenters. The molecule has 1 aliphatic rings. The summed E-state index contributed by atoms with van der Waals surface area (Å²) >= 11 is 2.00. The fourth-order valence-corrected chi connectivity index (χ4v) is 7.80. The number of hydrogen-bond donors (Lipinski definition) is 0. The van der Waals surface area contributed by atoms with Gasteiger partial charge in [-0.15, -0.1) is 0 Å². The predicted molar refractivity (Wildman–Crippen MR) is 156 cm³/mol. The van der Waals surface area contributed by atoms with Crippen LogP contribution in [0.2, 0.25) is 0 Å². The third-order valence-corrected chi connectivity index (χ3v) is 8.97. The fraction of sp³-hybridized carbons (Fsp3) is 0.324. The van der Waals surface area contributed by atoms with Crippen molar-refractivity contribution in [3.05, 3.63) is 77.0 Å². The molecule has 0 aliphatic carbocycles. The van der Waals surface area contributed by atoms with Crippen molar-refractivity contribution in [3.63, 3.8) is 0 Å². The van der Waals surface area contributed by atoms with Gasteiger partial charge in [-0.05, 0) is 75.9 Å². The molecule has 182 valence electrons. The largest absolute Gasteiger partial charge is 0.222 e. The van der Waals surface area contributed by atoms with E-state index >= 15 is 0 Å². The maximum atomic E-state index is 2.49. The first-order chi connectivity index (χ1) is 17.0. The summed E-state index contributed by atoms with van der Waals surface area (Å²) in [5.41, 5.74) is 8.69. The smallest absolute Gasteiger partial charge is 0.200 e. The SMILES string of the molecule is Cc1ccc2c(C(C)C)c3c(c(C)c2c1)-c1c2c(cc4c(CC(C)(C)C)cccc4c2cc[n+]1C)S3. The molecule has 4 aromatic carbocycles. The van der Waals surface area contributed by atoms with E-state index in [2.05, 4.69) is 115 Å². The number of pyridine rings is 1. The second-order valence-corrected chi connectivity index (χ2v) is 13.3. The Morgan fingerprint density at radius 1 is 0.861 bits per heavy atom. The summed E-state index contributed by atoms with van der Waals surface area (Å²) in [7, 11) is 2.22. The Balaban J connectivity index is 1.79. The molecule has 0 atom stereocenters. The van der Waals surface area contributed by atoms with Crippen LogP contribution >= 0.6 is 11.8 Å². The molecule has 6 rings (SSSR count). The van der Waals surface area contributed by atoms with E-state index in [0.717, 1.165) is 6.42 Å². The normalized spacial score (nSPS) is 13.2. The van der Waals surface area contributed by atoms with Crippen molar-refractivity contribution in [1.82, 2.24) is 0 Å². The number of aryl methyl sites for hydroxylation is 3. The Morgan fingerprint density at radius 3 is 2.36 bits per heavy atom. The Morgan fingerprint density at radius 2 is 1.64 bits per heavy atom. The zero-order chi connectivity index (χ0) is 25.5. The van der Waals surface area contributed by atoms with Gasteiger partial charge in [0.2, 0.25) is 5.69 Å². The molecule has 0 spiro atoms. The van der Waals surface area contributed by atoms with Gasteiger partial charge in [0.1, 0.15) is 7.05 Å². The highest BCUT2D eigenvalue weighted by atomic mass is 32.2. The van der Waals surface area contributed by atoms with Crippen LogP contribution in [0.1, 0.15) is 62.8 Å². The van der Waals surface area contributed by atoms with Gasteiger partial charge in [0, 0.05) is 21.2 Å². The zero-order valence-corrected chi connectivity index (χ0v) is 23.7. The highest BCUT2D eigenvalue weighted by molar-refractivity contribution is 8.00. The van der Waals surface area contributed by atoms with Crippen molar-refractivity contribution in [3.8, 4) is 11.3 Å². The summed E-state index contributed by atoms with van der Waals surface area (Å²) < 4.78 is 2.36. The monoisotopic (exact) mass is 490 g/mol. The van der Waals surface area contributed by atoms with E-state index in [-0.39, 0.29) is 5.41 Å². The Hall–Kier alpha value is -2.84. The van der Waals surface area contributed by atoms with Gasteiger partial charge in [0.05, 0.1) is 10.9 Å². The minimum Gasteiger partial charge on any atom is -0.200 e. The molecule has 0 fully saturated rings. The van der Waals surface area contributed by atoms with Gasteiger partial charge in [-0.2, -0.15) is 0 Å². The van der Waals surface area contributed by atoms with Crippen molar-refractivity contribution >= 4 is 44.1 Å². The molecule has 0 saturated heterocycles. The second-order valence-electron chi connectivity index (χ2n) is 12.2. The first-order valence-electron chi connectivity index (χ1n) is 13.2.